The average molecular weight is 251 g/mol. The number of rotatable bonds is 3. The number of nitrogen functional groups attached to an aromatic ring is 1. The van der Waals surface area contributed by atoms with Gasteiger partial charge in [-0.05, 0) is 17.7 Å². The van der Waals surface area contributed by atoms with Gasteiger partial charge in [0.05, 0.1) is 29.0 Å². The Bertz CT molecular complexity index is 564. The van der Waals surface area contributed by atoms with Crippen molar-refractivity contribution in [3.05, 3.63) is 46.7 Å². The summed E-state index contributed by atoms with van der Waals surface area (Å²) in [5.41, 5.74) is 12.7. The minimum Gasteiger partial charge on any atom is -0.398 e. The van der Waals surface area contributed by atoms with Crippen LogP contribution in [0, 0.1) is 0 Å². The normalized spacial score (nSPS) is 10.4. The van der Waals surface area contributed by atoms with Crippen LogP contribution in [-0.4, -0.2) is 15.7 Å². The molecule has 17 heavy (non-hydrogen) atoms. The molecule has 1 amide bonds. The van der Waals surface area contributed by atoms with Gasteiger partial charge in [0.15, 0.2) is 0 Å². The smallest absolute Gasteiger partial charge is 0.251 e. The number of nitrogens with zero attached hydrogens (tertiary/aromatic N) is 2. The van der Waals surface area contributed by atoms with Crippen LogP contribution in [0.25, 0.3) is 0 Å². The fourth-order valence-electron chi connectivity index (χ4n) is 1.46. The number of amides is 1. The molecule has 1 heterocycles. The van der Waals surface area contributed by atoms with Crippen molar-refractivity contribution in [2.24, 2.45) is 5.73 Å². The van der Waals surface area contributed by atoms with Crippen molar-refractivity contribution in [2.45, 2.75) is 6.54 Å². The number of hydrogen-bond acceptors (Lipinski definition) is 3. The molecule has 4 N–H and O–H groups in total. The van der Waals surface area contributed by atoms with Gasteiger partial charge in [-0.15, -0.1) is 0 Å². The highest BCUT2D eigenvalue weighted by Gasteiger charge is 2.05. The molecule has 0 unspecified atom stereocenters. The van der Waals surface area contributed by atoms with E-state index in [1.807, 2.05) is 6.07 Å². The van der Waals surface area contributed by atoms with Crippen LogP contribution in [-0.2, 0) is 6.54 Å². The number of primary amides is 1. The van der Waals surface area contributed by atoms with Crippen LogP contribution >= 0.6 is 11.6 Å². The number of carbonyl (C=O) groups is 1. The zero-order valence-electron chi connectivity index (χ0n) is 8.93. The molecular formula is C11H11ClN4O. The third-order valence-electron chi connectivity index (χ3n) is 2.32. The van der Waals surface area contributed by atoms with E-state index in [1.54, 1.807) is 23.0 Å². The number of hydrogen-bond donors (Lipinski definition) is 2. The standard InChI is InChI=1S/C11H11ClN4O/c12-9-2-1-7(3-10(9)13)5-16-6-8(4-15-16)11(14)17/h1-4,6H,5,13H2,(H2,14,17). The van der Waals surface area contributed by atoms with Gasteiger partial charge in [0.25, 0.3) is 5.91 Å². The van der Waals surface area contributed by atoms with E-state index in [-0.39, 0.29) is 0 Å². The molecule has 1 aromatic heterocycles. The number of halogens is 1. The maximum Gasteiger partial charge on any atom is 0.251 e. The predicted molar refractivity (Wildman–Crippen MR) is 65.7 cm³/mol. The third-order valence-corrected chi connectivity index (χ3v) is 2.67. The second kappa shape index (κ2) is 4.47. The molecule has 0 saturated heterocycles. The Morgan fingerprint density at radius 1 is 1.47 bits per heavy atom. The number of aromatic nitrogens is 2. The Hall–Kier alpha value is -2.01. The maximum absolute atomic E-state index is 10.9. The Morgan fingerprint density at radius 2 is 2.24 bits per heavy atom. The van der Waals surface area contributed by atoms with Crippen LogP contribution in [0.5, 0.6) is 0 Å². The molecule has 0 fully saturated rings. The molecule has 0 bridgehead atoms. The van der Waals surface area contributed by atoms with E-state index >= 15 is 0 Å². The SMILES string of the molecule is NC(=O)c1cnn(Cc2ccc(Cl)c(N)c2)c1. The Labute approximate surface area is 103 Å². The lowest BCUT2D eigenvalue weighted by atomic mass is 10.2. The van der Waals surface area contributed by atoms with Gasteiger partial charge >= 0.3 is 0 Å². The van der Waals surface area contributed by atoms with Crippen molar-refractivity contribution in [3.8, 4) is 0 Å². The predicted octanol–water partition coefficient (Wildman–Crippen LogP) is 1.27. The molecular weight excluding hydrogens is 240 g/mol. The molecule has 1 aromatic carbocycles. The zero-order chi connectivity index (χ0) is 12.4. The Balaban J connectivity index is 2.19. The van der Waals surface area contributed by atoms with Gasteiger partial charge < -0.3 is 11.5 Å². The first-order valence-electron chi connectivity index (χ1n) is 4.92. The summed E-state index contributed by atoms with van der Waals surface area (Å²) in [6.45, 7) is 0.509. The lowest BCUT2D eigenvalue weighted by molar-refractivity contribution is 0.1000. The summed E-state index contributed by atoms with van der Waals surface area (Å²) >= 11 is 5.82. The van der Waals surface area contributed by atoms with Crippen LogP contribution in [0.2, 0.25) is 5.02 Å². The van der Waals surface area contributed by atoms with Crippen LogP contribution in [0.4, 0.5) is 5.69 Å². The van der Waals surface area contributed by atoms with Gasteiger partial charge in [0.1, 0.15) is 0 Å². The second-order valence-electron chi connectivity index (χ2n) is 3.65. The monoisotopic (exact) mass is 250 g/mol. The van der Waals surface area contributed by atoms with Crippen molar-refractivity contribution >= 4 is 23.2 Å². The third kappa shape index (κ3) is 2.57. The van der Waals surface area contributed by atoms with Crippen molar-refractivity contribution in [3.63, 3.8) is 0 Å². The fourth-order valence-corrected chi connectivity index (χ4v) is 1.57. The topological polar surface area (TPSA) is 86.9 Å². The van der Waals surface area contributed by atoms with Gasteiger partial charge in [-0.3, -0.25) is 9.48 Å². The number of nitrogens with two attached hydrogens (primary N) is 2. The summed E-state index contributed by atoms with van der Waals surface area (Å²) in [7, 11) is 0. The zero-order valence-corrected chi connectivity index (χ0v) is 9.69. The van der Waals surface area contributed by atoms with Crippen LogP contribution in [0.15, 0.2) is 30.6 Å². The molecule has 2 aromatic rings. The molecule has 0 spiro atoms. The summed E-state index contributed by atoms with van der Waals surface area (Å²) in [5, 5.41) is 4.55. The molecule has 0 atom stereocenters. The van der Waals surface area contributed by atoms with E-state index in [2.05, 4.69) is 5.10 Å². The molecule has 0 saturated carbocycles. The molecule has 0 aliphatic heterocycles. The average Bonchev–Trinajstić information content (AvgIpc) is 2.72. The first kappa shape index (κ1) is 11.5. The van der Waals surface area contributed by atoms with Crippen LogP contribution < -0.4 is 11.5 Å². The first-order chi connectivity index (χ1) is 8.06. The van der Waals surface area contributed by atoms with E-state index < -0.39 is 5.91 Å². The summed E-state index contributed by atoms with van der Waals surface area (Å²) in [4.78, 5) is 10.9. The van der Waals surface area contributed by atoms with Crippen molar-refractivity contribution in [1.82, 2.24) is 9.78 Å². The number of benzene rings is 1. The lowest BCUT2D eigenvalue weighted by Gasteiger charge is -2.04. The number of anilines is 1. The van der Waals surface area contributed by atoms with Crippen molar-refractivity contribution in [2.75, 3.05) is 5.73 Å². The van der Waals surface area contributed by atoms with E-state index in [0.717, 1.165) is 5.56 Å². The van der Waals surface area contributed by atoms with Crippen LogP contribution in [0.1, 0.15) is 15.9 Å². The van der Waals surface area contributed by atoms with Gasteiger partial charge in [-0.1, -0.05) is 17.7 Å². The highest BCUT2D eigenvalue weighted by molar-refractivity contribution is 6.33. The highest BCUT2D eigenvalue weighted by Crippen LogP contribution is 2.19. The van der Waals surface area contributed by atoms with Gasteiger partial charge in [-0.2, -0.15) is 5.10 Å². The molecule has 0 radical (unpaired) electrons. The molecule has 0 aliphatic rings. The fraction of sp³-hybridized carbons (Fsp3) is 0.0909. The van der Waals surface area contributed by atoms with Crippen LogP contribution in [0.3, 0.4) is 0 Å². The van der Waals surface area contributed by atoms with E-state index in [1.165, 1.54) is 6.20 Å². The molecule has 2 rings (SSSR count). The van der Waals surface area contributed by atoms with Gasteiger partial charge in [-0.25, -0.2) is 0 Å². The highest BCUT2D eigenvalue weighted by atomic mass is 35.5. The van der Waals surface area contributed by atoms with E-state index in [0.29, 0.717) is 22.8 Å². The van der Waals surface area contributed by atoms with E-state index in [9.17, 15) is 4.79 Å². The first-order valence-corrected chi connectivity index (χ1v) is 5.30. The molecule has 0 aliphatic carbocycles. The minimum atomic E-state index is -0.494. The largest absolute Gasteiger partial charge is 0.398 e. The number of carbonyl (C=O) groups excluding carboxylic acids is 1. The van der Waals surface area contributed by atoms with Crippen molar-refractivity contribution in [1.29, 1.82) is 0 Å². The van der Waals surface area contributed by atoms with Gasteiger partial charge in [0.2, 0.25) is 0 Å². The summed E-state index contributed by atoms with van der Waals surface area (Å²) in [5.74, 6) is -0.494. The van der Waals surface area contributed by atoms with E-state index in [4.69, 9.17) is 23.1 Å². The second-order valence-corrected chi connectivity index (χ2v) is 4.05. The quantitative estimate of drug-likeness (QED) is 0.804. The Kier molecular flexibility index (Phi) is 3.01. The summed E-state index contributed by atoms with van der Waals surface area (Å²) < 4.78 is 1.61. The van der Waals surface area contributed by atoms with Gasteiger partial charge in [0, 0.05) is 6.20 Å². The lowest BCUT2D eigenvalue weighted by Crippen LogP contribution is -2.09. The summed E-state index contributed by atoms with van der Waals surface area (Å²) in [6.07, 6.45) is 3.02. The Morgan fingerprint density at radius 3 is 2.82 bits per heavy atom. The molecule has 6 heteroatoms. The van der Waals surface area contributed by atoms with Crippen molar-refractivity contribution < 1.29 is 4.79 Å². The summed E-state index contributed by atoms with van der Waals surface area (Å²) in [6, 6.07) is 5.35. The minimum absolute atomic E-state index is 0.381. The molecule has 5 nitrogen and oxygen atoms in total. The molecule has 88 valence electrons. The maximum atomic E-state index is 10.9.